The Morgan fingerprint density at radius 1 is 1.10 bits per heavy atom. The number of quaternary nitrogens is 1. The molecule has 0 saturated heterocycles. The van der Waals surface area contributed by atoms with Crippen molar-refractivity contribution in [1.82, 2.24) is 0 Å². The highest BCUT2D eigenvalue weighted by molar-refractivity contribution is 6.08. The van der Waals surface area contributed by atoms with Gasteiger partial charge in [-0.3, -0.25) is 0 Å². The first kappa shape index (κ1) is 10.2. The molecule has 1 nitrogen and oxygen atoms in total. The zero-order valence-corrected chi connectivity index (χ0v) is 9.98. The summed E-state index contributed by atoms with van der Waals surface area (Å²) in [7, 11) is 3.74. The van der Waals surface area contributed by atoms with Gasteiger partial charge in [0.05, 0.1) is 36.5 Å². The maximum absolute atomic E-state index is 2.39. The van der Waals surface area contributed by atoms with Gasteiger partial charge in [-0.2, -0.15) is 0 Å². The van der Waals surface area contributed by atoms with Crippen LogP contribution in [0.3, 0.4) is 0 Å². The third kappa shape index (κ3) is 3.37. The molecule has 0 aliphatic rings. The lowest BCUT2D eigenvalue weighted by atomic mass is 10.3. The van der Waals surface area contributed by atoms with E-state index in [-0.39, 0.29) is 0 Å². The molecule has 0 radical (unpaired) electrons. The predicted octanol–water partition coefficient (Wildman–Crippen LogP) is 0.576. The minimum Gasteiger partial charge on any atom is -0.330 e. The van der Waals surface area contributed by atoms with Gasteiger partial charge in [-0.1, -0.05) is 13.8 Å². The first-order valence-corrected chi connectivity index (χ1v) is 5.93. The molecule has 0 saturated carbocycles. The Bertz CT molecular complexity index is 77.3. The van der Waals surface area contributed by atoms with Gasteiger partial charge in [0.2, 0.25) is 0 Å². The smallest absolute Gasteiger partial charge is 0.0778 e. The number of hydrogen-bond acceptors (Lipinski definition) is 0. The molecule has 0 aromatic heterocycles. The zero-order valence-electron chi connectivity index (χ0n) is 7.98. The Kier molecular flexibility index (Phi) is 5.00. The molecular weight excluding hydrogens is 138 g/mol. The van der Waals surface area contributed by atoms with Crippen molar-refractivity contribution in [3.05, 3.63) is 0 Å². The van der Waals surface area contributed by atoms with Crippen molar-refractivity contribution in [2.24, 2.45) is 0 Å². The zero-order chi connectivity index (χ0) is 8.04. The van der Waals surface area contributed by atoms with Crippen LogP contribution in [0.2, 0.25) is 0 Å². The van der Waals surface area contributed by atoms with E-state index >= 15 is 0 Å². The summed E-state index contributed by atoms with van der Waals surface area (Å²) in [5.41, 5.74) is 0. The summed E-state index contributed by atoms with van der Waals surface area (Å²) < 4.78 is 1.32. The van der Waals surface area contributed by atoms with Crippen LogP contribution >= 0.6 is 0 Å². The molecule has 0 amide bonds. The van der Waals surface area contributed by atoms with Gasteiger partial charge in [-0.25, -0.2) is 0 Å². The molecule has 0 aliphatic carbocycles. The Balaban J connectivity index is 3.69. The average molecular weight is 160 g/mol. The van der Waals surface area contributed by atoms with Crippen LogP contribution in [-0.2, 0) is 0 Å². The van der Waals surface area contributed by atoms with Crippen LogP contribution < -0.4 is 0 Å². The summed E-state index contributed by atoms with van der Waals surface area (Å²) in [4.78, 5) is 0. The standard InChI is InChI=1S/C8H22NSi/c1-4-6-9(3,8-10)7-5-2/h4-8H2,1-3,10H3/q+1. The fourth-order valence-electron chi connectivity index (χ4n) is 1.51. The van der Waals surface area contributed by atoms with Gasteiger partial charge in [0, 0.05) is 0 Å². The molecule has 0 fully saturated rings. The lowest BCUT2D eigenvalue weighted by molar-refractivity contribution is -0.899. The summed E-state index contributed by atoms with van der Waals surface area (Å²) in [5.74, 6) is 0. The summed E-state index contributed by atoms with van der Waals surface area (Å²) in [6.07, 6.45) is 4.08. The number of hydrogen-bond donors (Lipinski definition) is 0. The van der Waals surface area contributed by atoms with E-state index in [0.29, 0.717) is 0 Å². The molecule has 62 valence electrons. The molecular formula is C8H22NSi+. The van der Waals surface area contributed by atoms with Gasteiger partial charge >= 0.3 is 0 Å². The largest absolute Gasteiger partial charge is 0.330 e. The van der Waals surface area contributed by atoms with E-state index in [0.717, 1.165) is 0 Å². The van der Waals surface area contributed by atoms with Crippen LogP contribution in [0.25, 0.3) is 0 Å². The van der Waals surface area contributed by atoms with Gasteiger partial charge in [0.25, 0.3) is 0 Å². The topological polar surface area (TPSA) is 0 Å². The van der Waals surface area contributed by atoms with E-state index in [1.165, 1.54) is 46.8 Å². The molecule has 0 unspecified atom stereocenters. The van der Waals surface area contributed by atoms with Crippen molar-refractivity contribution >= 4 is 10.2 Å². The van der Waals surface area contributed by atoms with Gasteiger partial charge in [-0.15, -0.1) is 0 Å². The molecule has 0 spiro atoms. The molecule has 0 aromatic carbocycles. The van der Waals surface area contributed by atoms with Crippen LogP contribution in [0.15, 0.2) is 0 Å². The fraction of sp³-hybridized carbons (Fsp3) is 1.00. The normalized spacial score (nSPS) is 12.3. The minimum absolute atomic E-state index is 1.32. The first-order valence-electron chi connectivity index (χ1n) is 4.52. The number of rotatable bonds is 5. The summed E-state index contributed by atoms with van der Waals surface area (Å²) >= 11 is 0. The lowest BCUT2D eigenvalue weighted by Gasteiger charge is -2.32. The first-order chi connectivity index (χ1) is 4.68. The highest BCUT2D eigenvalue weighted by atomic mass is 28.1. The third-order valence-corrected chi connectivity index (χ3v) is 3.82. The average Bonchev–Trinajstić information content (AvgIpc) is 1.89. The highest BCUT2D eigenvalue weighted by Gasteiger charge is 2.14. The third-order valence-electron chi connectivity index (χ3n) is 2.29. The Morgan fingerprint density at radius 3 is 1.70 bits per heavy atom. The molecule has 2 heteroatoms. The molecule has 0 bridgehead atoms. The van der Waals surface area contributed by atoms with Crippen molar-refractivity contribution in [3.63, 3.8) is 0 Å². The number of nitrogens with zero attached hydrogens (tertiary/aromatic N) is 1. The van der Waals surface area contributed by atoms with Gasteiger partial charge in [-0.05, 0) is 12.8 Å². The van der Waals surface area contributed by atoms with Crippen molar-refractivity contribution in [3.8, 4) is 0 Å². The van der Waals surface area contributed by atoms with Crippen molar-refractivity contribution in [2.45, 2.75) is 26.7 Å². The summed E-state index contributed by atoms with van der Waals surface area (Å²) in [6.45, 7) is 7.31. The predicted molar refractivity (Wildman–Crippen MR) is 51.3 cm³/mol. The molecule has 0 aromatic rings. The summed E-state index contributed by atoms with van der Waals surface area (Å²) in [6, 6.07) is 0. The van der Waals surface area contributed by atoms with Crippen LogP contribution in [0.4, 0.5) is 0 Å². The van der Waals surface area contributed by atoms with E-state index in [1.807, 2.05) is 0 Å². The minimum atomic E-state index is 1.32. The maximum Gasteiger partial charge on any atom is 0.0778 e. The Labute approximate surface area is 68.4 Å². The molecule has 0 heterocycles. The molecule has 10 heavy (non-hydrogen) atoms. The van der Waals surface area contributed by atoms with Crippen molar-refractivity contribution < 1.29 is 4.48 Å². The maximum atomic E-state index is 2.39. The monoisotopic (exact) mass is 160 g/mol. The van der Waals surface area contributed by atoms with E-state index < -0.39 is 0 Å². The van der Waals surface area contributed by atoms with Crippen LogP contribution in [-0.4, -0.2) is 41.0 Å². The molecule has 0 aliphatic heterocycles. The van der Waals surface area contributed by atoms with E-state index in [4.69, 9.17) is 0 Å². The lowest BCUT2D eigenvalue weighted by Crippen LogP contribution is -2.46. The molecule has 0 N–H and O–H groups in total. The second-order valence-corrected chi connectivity index (χ2v) is 4.02. The van der Waals surface area contributed by atoms with Gasteiger partial charge in [0.1, 0.15) is 0 Å². The van der Waals surface area contributed by atoms with E-state index in [2.05, 4.69) is 20.9 Å². The fourth-order valence-corrected chi connectivity index (χ4v) is 2.14. The van der Waals surface area contributed by atoms with Gasteiger partial charge in [0.15, 0.2) is 0 Å². The van der Waals surface area contributed by atoms with Crippen LogP contribution in [0.1, 0.15) is 26.7 Å². The summed E-state index contributed by atoms with van der Waals surface area (Å²) in [5, 5.41) is 0. The molecule has 0 atom stereocenters. The van der Waals surface area contributed by atoms with E-state index in [9.17, 15) is 0 Å². The van der Waals surface area contributed by atoms with Crippen molar-refractivity contribution in [1.29, 1.82) is 0 Å². The van der Waals surface area contributed by atoms with Gasteiger partial charge < -0.3 is 4.48 Å². The van der Waals surface area contributed by atoms with E-state index in [1.54, 1.807) is 0 Å². The SMILES string of the molecule is CCC[N+](C)(C[SiH3])CCC. The Morgan fingerprint density at radius 2 is 1.50 bits per heavy atom. The van der Waals surface area contributed by atoms with Crippen LogP contribution in [0.5, 0.6) is 0 Å². The highest BCUT2D eigenvalue weighted by Crippen LogP contribution is 2.02. The quantitative estimate of drug-likeness (QED) is 0.408. The van der Waals surface area contributed by atoms with Crippen LogP contribution in [0, 0.1) is 0 Å². The second-order valence-electron chi connectivity index (χ2n) is 3.38. The Hall–Kier alpha value is 0.177. The van der Waals surface area contributed by atoms with Crippen molar-refractivity contribution in [2.75, 3.05) is 26.3 Å². The second kappa shape index (κ2) is 4.91. The molecule has 0 rings (SSSR count).